The van der Waals surface area contributed by atoms with E-state index < -0.39 is 10.0 Å². The molecule has 0 aliphatic rings. The van der Waals surface area contributed by atoms with Crippen LogP contribution in [0.3, 0.4) is 0 Å². The van der Waals surface area contributed by atoms with Gasteiger partial charge in [0.2, 0.25) is 0 Å². The summed E-state index contributed by atoms with van der Waals surface area (Å²) >= 11 is 0. The first-order valence-electron chi connectivity index (χ1n) is 10.2. The molecule has 0 heterocycles. The second kappa shape index (κ2) is 9.36. The maximum Gasteiger partial charge on any atom is 0.271 e. The van der Waals surface area contributed by atoms with Crippen LogP contribution < -0.4 is 9.73 Å². The van der Waals surface area contributed by atoms with E-state index in [1.165, 1.54) is 22.5 Å². The number of hydrogen-bond donors (Lipinski definition) is 1. The van der Waals surface area contributed by atoms with Gasteiger partial charge < -0.3 is 0 Å². The number of rotatable bonds is 6. The van der Waals surface area contributed by atoms with Crippen LogP contribution in [-0.4, -0.2) is 27.6 Å². The number of anilines is 1. The van der Waals surface area contributed by atoms with Crippen molar-refractivity contribution in [3.8, 4) is 0 Å². The molecule has 0 fully saturated rings. The van der Waals surface area contributed by atoms with Crippen molar-refractivity contribution >= 4 is 27.8 Å². The first-order chi connectivity index (χ1) is 15.1. The van der Waals surface area contributed by atoms with Gasteiger partial charge in [0.15, 0.2) is 0 Å². The second-order valence-corrected chi connectivity index (χ2v) is 9.72. The van der Waals surface area contributed by atoms with E-state index in [2.05, 4.69) is 24.4 Å². The zero-order chi connectivity index (χ0) is 23.5. The summed E-state index contributed by atoms with van der Waals surface area (Å²) < 4.78 is 26.9. The van der Waals surface area contributed by atoms with Crippen molar-refractivity contribution in [2.45, 2.75) is 32.6 Å². The highest BCUT2D eigenvalue weighted by Gasteiger charge is 2.21. The van der Waals surface area contributed by atoms with Crippen LogP contribution in [0.4, 0.5) is 5.69 Å². The van der Waals surface area contributed by atoms with Gasteiger partial charge in [0, 0.05) is 12.6 Å². The molecule has 0 bridgehead atoms. The van der Waals surface area contributed by atoms with Gasteiger partial charge >= 0.3 is 0 Å². The van der Waals surface area contributed by atoms with Crippen molar-refractivity contribution in [1.82, 2.24) is 5.43 Å². The summed E-state index contributed by atoms with van der Waals surface area (Å²) in [5.41, 5.74) is 8.79. The summed E-state index contributed by atoms with van der Waals surface area (Å²) in [7, 11) is -2.20. The van der Waals surface area contributed by atoms with Crippen molar-refractivity contribution < 1.29 is 13.2 Å². The molecule has 32 heavy (non-hydrogen) atoms. The van der Waals surface area contributed by atoms with Gasteiger partial charge in [-0.25, -0.2) is 13.8 Å². The molecule has 6 nitrogen and oxygen atoms in total. The first-order valence-corrected chi connectivity index (χ1v) is 11.6. The lowest BCUT2D eigenvalue weighted by Gasteiger charge is -2.19. The third-order valence-electron chi connectivity index (χ3n) is 5.64. The van der Waals surface area contributed by atoms with Crippen LogP contribution in [0.1, 0.15) is 38.2 Å². The molecule has 0 radical (unpaired) electrons. The molecular formula is C25H27N3O3S. The lowest BCUT2D eigenvalue weighted by molar-refractivity contribution is 0.0955. The zero-order valence-electron chi connectivity index (χ0n) is 18.9. The van der Waals surface area contributed by atoms with E-state index in [4.69, 9.17) is 0 Å². The summed E-state index contributed by atoms with van der Waals surface area (Å²) in [6.07, 6.45) is 1.62. The predicted octanol–water partition coefficient (Wildman–Crippen LogP) is 4.51. The van der Waals surface area contributed by atoms with Crippen molar-refractivity contribution in [2.24, 2.45) is 5.10 Å². The lowest BCUT2D eigenvalue weighted by atomic mass is 10.00. The summed E-state index contributed by atoms with van der Waals surface area (Å²) in [6, 6.07) is 17.0. The summed E-state index contributed by atoms with van der Waals surface area (Å²) in [6.45, 7) is 8.03. The van der Waals surface area contributed by atoms with Gasteiger partial charge in [0.25, 0.3) is 15.9 Å². The number of hydrogen-bond acceptors (Lipinski definition) is 4. The topological polar surface area (TPSA) is 78.8 Å². The van der Waals surface area contributed by atoms with E-state index in [-0.39, 0.29) is 10.8 Å². The van der Waals surface area contributed by atoms with Gasteiger partial charge in [-0.05, 0) is 86.3 Å². The lowest BCUT2D eigenvalue weighted by Crippen LogP contribution is -2.26. The molecule has 166 valence electrons. The number of nitrogens with zero attached hydrogens (tertiary/aromatic N) is 2. The number of aryl methyl sites for hydroxylation is 2. The van der Waals surface area contributed by atoms with Crippen LogP contribution in [0, 0.1) is 27.7 Å². The minimum atomic E-state index is -3.69. The molecule has 3 aromatic rings. The molecule has 0 saturated heterocycles. The number of sulfonamides is 1. The largest absolute Gasteiger partial charge is 0.271 e. The van der Waals surface area contributed by atoms with Crippen molar-refractivity contribution in [3.63, 3.8) is 0 Å². The van der Waals surface area contributed by atoms with Crippen LogP contribution in [0.25, 0.3) is 0 Å². The molecule has 0 atom stereocenters. The smallest absolute Gasteiger partial charge is 0.269 e. The highest BCUT2D eigenvalue weighted by Crippen LogP contribution is 2.23. The average Bonchev–Trinajstić information content (AvgIpc) is 2.79. The fourth-order valence-corrected chi connectivity index (χ4v) is 4.37. The minimum absolute atomic E-state index is 0.211. The van der Waals surface area contributed by atoms with Crippen LogP contribution in [0.15, 0.2) is 70.7 Å². The third kappa shape index (κ3) is 4.89. The summed E-state index contributed by atoms with van der Waals surface area (Å²) in [5, 5.41) is 4.06. The van der Waals surface area contributed by atoms with Crippen molar-refractivity contribution in [1.29, 1.82) is 0 Å². The van der Waals surface area contributed by atoms with E-state index >= 15 is 0 Å². The predicted molar refractivity (Wildman–Crippen MR) is 129 cm³/mol. The molecule has 1 amide bonds. The van der Waals surface area contributed by atoms with E-state index in [0.29, 0.717) is 11.3 Å². The Balaban J connectivity index is 1.70. The molecule has 0 spiro atoms. The number of hydrazone groups is 1. The molecular weight excluding hydrogens is 422 g/mol. The molecule has 0 aliphatic carbocycles. The van der Waals surface area contributed by atoms with Gasteiger partial charge in [-0.1, -0.05) is 29.8 Å². The number of carbonyl (C=O) groups is 1. The molecule has 7 heteroatoms. The number of nitrogens with one attached hydrogen (secondary N) is 1. The number of amides is 1. The first kappa shape index (κ1) is 23.2. The molecule has 3 aromatic carbocycles. The van der Waals surface area contributed by atoms with Crippen LogP contribution in [0.5, 0.6) is 0 Å². The fourth-order valence-electron chi connectivity index (χ4n) is 3.17. The fraction of sp³-hybridized carbons (Fsp3) is 0.200. The molecule has 0 aromatic heterocycles. The zero-order valence-corrected chi connectivity index (χ0v) is 19.7. The van der Waals surface area contributed by atoms with Crippen LogP contribution >= 0.6 is 0 Å². The van der Waals surface area contributed by atoms with E-state index in [1.54, 1.807) is 54.7 Å². The Morgan fingerprint density at radius 2 is 1.50 bits per heavy atom. The minimum Gasteiger partial charge on any atom is -0.269 e. The highest BCUT2D eigenvalue weighted by molar-refractivity contribution is 7.92. The van der Waals surface area contributed by atoms with Gasteiger partial charge in [-0.3, -0.25) is 9.10 Å². The number of benzene rings is 3. The maximum absolute atomic E-state index is 12.8. The van der Waals surface area contributed by atoms with Gasteiger partial charge in [-0.2, -0.15) is 5.10 Å². The molecule has 1 N–H and O–H groups in total. The van der Waals surface area contributed by atoms with Crippen LogP contribution in [0.2, 0.25) is 0 Å². The Morgan fingerprint density at radius 1 is 0.875 bits per heavy atom. The van der Waals surface area contributed by atoms with Gasteiger partial charge in [0.1, 0.15) is 0 Å². The van der Waals surface area contributed by atoms with Gasteiger partial charge in [-0.15, -0.1) is 0 Å². The average molecular weight is 450 g/mol. The molecule has 0 aliphatic heterocycles. The molecule has 3 rings (SSSR count). The SMILES string of the molecule is Cc1ccc(S(=O)(=O)N(C)c2ccc(C(=O)N/N=C\c3ccc(C)c(C)c3C)cc2)cc1. The monoisotopic (exact) mass is 449 g/mol. The Labute approximate surface area is 189 Å². The van der Waals surface area contributed by atoms with Crippen molar-refractivity contribution in [2.75, 3.05) is 11.4 Å². The van der Waals surface area contributed by atoms with Crippen LogP contribution in [-0.2, 0) is 10.0 Å². The third-order valence-corrected chi connectivity index (χ3v) is 7.44. The van der Waals surface area contributed by atoms with E-state index in [9.17, 15) is 13.2 Å². The Bertz CT molecular complexity index is 1260. The summed E-state index contributed by atoms with van der Waals surface area (Å²) in [4.78, 5) is 12.6. The number of carbonyl (C=O) groups excluding carboxylic acids is 1. The Morgan fingerprint density at radius 3 is 2.12 bits per heavy atom. The normalized spacial score (nSPS) is 11.5. The highest BCUT2D eigenvalue weighted by atomic mass is 32.2. The quantitative estimate of drug-likeness (QED) is 0.444. The molecule has 0 saturated carbocycles. The standard InChI is InChI=1S/C25H27N3O3S/c1-17-6-14-24(15-7-17)32(30,31)28(5)23-12-10-21(11-13-23)25(29)27-26-16-22-9-8-18(2)19(3)20(22)4/h6-16H,1-5H3,(H,27,29)/b26-16-. The van der Waals surface area contributed by atoms with E-state index in [1.807, 2.05) is 26.0 Å². The van der Waals surface area contributed by atoms with Crippen molar-refractivity contribution in [3.05, 3.63) is 94.0 Å². The van der Waals surface area contributed by atoms with E-state index in [0.717, 1.165) is 16.7 Å². The maximum atomic E-state index is 12.8. The summed E-state index contributed by atoms with van der Waals surface area (Å²) in [5.74, 6) is -0.377. The second-order valence-electron chi connectivity index (χ2n) is 7.75. The molecule has 0 unspecified atom stereocenters. The Kier molecular flexibility index (Phi) is 6.79. The van der Waals surface area contributed by atoms with Gasteiger partial charge in [0.05, 0.1) is 16.8 Å². The Hall–Kier alpha value is -3.45.